The summed E-state index contributed by atoms with van der Waals surface area (Å²) in [7, 11) is 0. The van der Waals surface area contributed by atoms with Gasteiger partial charge in [0.1, 0.15) is 5.01 Å². The fourth-order valence-electron chi connectivity index (χ4n) is 2.88. The summed E-state index contributed by atoms with van der Waals surface area (Å²) in [5.41, 5.74) is 7.28. The van der Waals surface area contributed by atoms with Crippen molar-refractivity contribution in [1.29, 1.82) is 0 Å². The summed E-state index contributed by atoms with van der Waals surface area (Å²) in [4.78, 5) is 0.819. The highest BCUT2D eigenvalue weighted by Crippen LogP contribution is 2.36. The Labute approximate surface area is 130 Å². The first kappa shape index (κ1) is 13.0. The number of hydrogen-bond donors (Lipinski definition) is 1. The molecule has 0 bridgehead atoms. The van der Waals surface area contributed by atoms with Crippen LogP contribution in [0.5, 0.6) is 0 Å². The van der Waals surface area contributed by atoms with E-state index in [4.69, 9.17) is 17.3 Å². The molecule has 1 aliphatic rings. The standard InChI is InChI=1S/C14H14ClN5S/c15-11-7-9(16)5-6-10(11)13-19-20-12(8-3-1-2-4-8)17-18-14(20)21-13/h5-8H,1-4,16H2. The molecule has 0 amide bonds. The van der Waals surface area contributed by atoms with Crippen LogP contribution < -0.4 is 5.73 Å². The predicted octanol–water partition coefficient (Wildman–Crippen LogP) is 3.75. The van der Waals surface area contributed by atoms with Gasteiger partial charge in [0.05, 0.1) is 5.02 Å². The van der Waals surface area contributed by atoms with Crippen LogP contribution in [0.25, 0.3) is 15.5 Å². The molecular weight excluding hydrogens is 306 g/mol. The molecule has 7 heteroatoms. The van der Waals surface area contributed by atoms with Gasteiger partial charge in [-0.2, -0.15) is 9.61 Å². The molecule has 0 atom stereocenters. The number of aromatic nitrogens is 4. The zero-order valence-corrected chi connectivity index (χ0v) is 12.9. The van der Waals surface area contributed by atoms with E-state index >= 15 is 0 Å². The first-order valence-electron chi connectivity index (χ1n) is 7.00. The number of benzene rings is 1. The van der Waals surface area contributed by atoms with Crippen molar-refractivity contribution in [2.24, 2.45) is 0 Å². The van der Waals surface area contributed by atoms with Crippen LogP contribution >= 0.6 is 22.9 Å². The summed E-state index contributed by atoms with van der Waals surface area (Å²) in [6.45, 7) is 0. The van der Waals surface area contributed by atoms with E-state index in [0.717, 1.165) is 21.4 Å². The molecule has 0 unspecified atom stereocenters. The monoisotopic (exact) mass is 319 g/mol. The third-order valence-corrected chi connectivity index (χ3v) is 5.20. The lowest BCUT2D eigenvalue weighted by atomic mass is 10.1. The number of hydrogen-bond acceptors (Lipinski definition) is 5. The lowest BCUT2D eigenvalue weighted by Crippen LogP contribution is -2.01. The molecule has 21 heavy (non-hydrogen) atoms. The minimum Gasteiger partial charge on any atom is -0.399 e. The molecule has 2 heterocycles. The van der Waals surface area contributed by atoms with Crippen LogP contribution in [0.4, 0.5) is 5.69 Å². The van der Waals surface area contributed by atoms with Gasteiger partial charge in [0, 0.05) is 17.2 Å². The van der Waals surface area contributed by atoms with Gasteiger partial charge in [-0.15, -0.1) is 10.2 Å². The maximum Gasteiger partial charge on any atom is 0.234 e. The van der Waals surface area contributed by atoms with Crippen LogP contribution in [-0.2, 0) is 0 Å². The number of nitrogens with zero attached hydrogens (tertiary/aromatic N) is 4. The van der Waals surface area contributed by atoms with Gasteiger partial charge < -0.3 is 5.73 Å². The fraction of sp³-hybridized carbons (Fsp3) is 0.357. The fourth-order valence-corrected chi connectivity index (χ4v) is 4.10. The van der Waals surface area contributed by atoms with Gasteiger partial charge in [0.2, 0.25) is 4.96 Å². The molecule has 0 saturated heterocycles. The van der Waals surface area contributed by atoms with E-state index < -0.39 is 0 Å². The Morgan fingerprint density at radius 3 is 2.81 bits per heavy atom. The van der Waals surface area contributed by atoms with E-state index in [0.29, 0.717) is 16.6 Å². The van der Waals surface area contributed by atoms with E-state index in [1.165, 1.54) is 37.0 Å². The molecule has 1 aliphatic carbocycles. The quantitative estimate of drug-likeness (QED) is 0.730. The Morgan fingerprint density at radius 1 is 1.24 bits per heavy atom. The summed E-state index contributed by atoms with van der Waals surface area (Å²) in [5, 5.41) is 14.7. The number of halogens is 1. The highest BCUT2D eigenvalue weighted by Gasteiger charge is 2.24. The van der Waals surface area contributed by atoms with Gasteiger partial charge in [-0.3, -0.25) is 0 Å². The smallest absolute Gasteiger partial charge is 0.234 e. The Morgan fingerprint density at radius 2 is 2.05 bits per heavy atom. The third kappa shape index (κ3) is 2.18. The highest BCUT2D eigenvalue weighted by atomic mass is 35.5. The molecule has 108 valence electrons. The average molecular weight is 320 g/mol. The van der Waals surface area contributed by atoms with Crippen molar-refractivity contribution in [2.45, 2.75) is 31.6 Å². The largest absolute Gasteiger partial charge is 0.399 e. The zero-order chi connectivity index (χ0) is 14.4. The zero-order valence-electron chi connectivity index (χ0n) is 11.3. The Balaban J connectivity index is 1.80. The minimum atomic E-state index is 0.483. The van der Waals surface area contributed by atoms with E-state index in [2.05, 4.69) is 15.3 Å². The van der Waals surface area contributed by atoms with Crippen molar-refractivity contribution in [2.75, 3.05) is 5.73 Å². The summed E-state index contributed by atoms with van der Waals surface area (Å²) in [6, 6.07) is 5.48. The molecule has 3 aromatic rings. The van der Waals surface area contributed by atoms with E-state index in [-0.39, 0.29) is 0 Å². The van der Waals surface area contributed by atoms with Gasteiger partial charge in [-0.25, -0.2) is 0 Å². The van der Waals surface area contributed by atoms with Crippen LogP contribution in [0, 0.1) is 0 Å². The first-order valence-corrected chi connectivity index (χ1v) is 8.19. The number of anilines is 1. The van der Waals surface area contributed by atoms with Crippen molar-refractivity contribution < 1.29 is 0 Å². The van der Waals surface area contributed by atoms with Crippen LogP contribution in [0.1, 0.15) is 37.4 Å². The Kier molecular flexibility index (Phi) is 3.08. The van der Waals surface area contributed by atoms with Crippen molar-refractivity contribution in [1.82, 2.24) is 19.8 Å². The molecule has 1 saturated carbocycles. The average Bonchev–Trinajstić information content (AvgIpc) is 3.13. The van der Waals surface area contributed by atoms with Crippen molar-refractivity contribution >= 4 is 33.6 Å². The van der Waals surface area contributed by atoms with Gasteiger partial charge in [-0.05, 0) is 31.0 Å². The van der Waals surface area contributed by atoms with E-state index in [1.54, 1.807) is 6.07 Å². The van der Waals surface area contributed by atoms with Crippen LogP contribution in [-0.4, -0.2) is 19.8 Å². The number of rotatable bonds is 2. The number of fused-ring (bicyclic) bond motifs is 1. The normalized spacial score (nSPS) is 16.0. The maximum atomic E-state index is 6.27. The van der Waals surface area contributed by atoms with Gasteiger partial charge in [0.25, 0.3) is 0 Å². The van der Waals surface area contributed by atoms with Gasteiger partial charge >= 0.3 is 0 Å². The van der Waals surface area contributed by atoms with Crippen LogP contribution in [0.2, 0.25) is 5.02 Å². The lowest BCUT2D eigenvalue weighted by molar-refractivity contribution is 0.641. The molecule has 1 fully saturated rings. The molecule has 0 radical (unpaired) electrons. The maximum absolute atomic E-state index is 6.27. The van der Waals surface area contributed by atoms with Crippen LogP contribution in [0.15, 0.2) is 18.2 Å². The van der Waals surface area contributed by atoms with E-state index in [9.17, 15) is 0 Å². The van der Waals surface area contributed by atoms with Gasteiger partial charge in [-0.1, -0.05) is 35.8 Å². The summed E-state index contributed by atoms with van der Waals surface area (Å²) >= 11 is 7.77. The predicted molar refractivity (Wildman–Crippen MR) is 84.7 cm³/mol. The molecule has 0 spiro atoms. The second kappa shape index (κ2) is 4.96. The first-order chi connectivity index (χ1) is 10.2. The third-order valence-electron chi connectivity index (χ3n) is 3.96. The molecule has 2 aromatic heterocycles. The lowest BCUT2D eigenvalue weighted by Gasteiger charge is -2.04. The number of nitrogens with two attached hydrogens (primary N) is 1. The van der Waals surface area contributed by atoms with Crippen LogP contribution in [0.3, 0.4) is 0 Å². The Bertz CT molecular complexity index is 803. The van der Waals surface area contributed by atoms with Gasteiger partial charge in [0.15, 0.2) is 5.82 Å². The topological polar surface area (TPSA) is 69.1 Å². The molecule has 2 N–H and O–H groups in total. The second-order valence-electron chi connectivity index (χ2n) is 5.38. The van der Waals surface area contributed by atoms with Crippen molar-refractivity contribution in [3.8, 4) is 10.6 Å². The summed E-state index contributed by atoms with van der Waals surface area (Å²) in [6.07, 6.45) is 4.88. The highest BCUT2D eigenvalue weighted by molar-refractivity contribution is 7.19. The van der Waals surface area contributed by atoms with Crippen molar-refractivity contribution in [3.05, 3.63) is 29.0 Å². The Hall–Kier alpha value is -1.66. The van der Waals surface area contributed by atoms with E-state index in [1.807, 2.05) is 16.6 Å². The second-order valence-corrected chi connectivity index (χ2v) is 6.74. The SMILES string of the molecule is Nc1ccc(-c2nn3c(C4CCCC4)nnc3s2)c(Cl)c1. The van der Waals surface area contributed by atoms with Crippen molar-refractivity contribution in [3.63, 3.8) is 0 Å². The molecular formula is C14H14ClN5S. The molecule has 0 aliphatic heterocycles. The molecule has 1 aromatic carbocycles. The number of nitrogen functional groups attached to an aromatic ring is 1. The molecule has 5 nitrogen and oxygen atoms in total. The minimum absolute atomic E-state index is 0.483. The molecule has 4 rings (SSSR count). The summed E-state index contributed by atoms with van der Waals surface area (Å²) < 4.78 is 1.88. The summed E-state index contributed by atoms with van der Waals surface area (Å²) in [5.74, 6) is 1.47.